The van der Waals surface area contributed by atoms with Crippen LogP contribution < -0.4 is 10.5 Å². The van der Waals surface area contributed by atoms with E-state index in [-0.39, 0.29) is 12.1 Å². The van der Waals surface area contributed by atoms with Crippen molar-refractivity contribution in [2.24, 2.45) is 5.73 Å². The second-order valence-corrected chi connectivity index (χ2v) is 6.37. The molecule has 2 atom stereocenters. The van der Waals surface area contributed by atoms with E-state index in [1.54, 1.807) is 0 Å². The fourth-order valence-electron chi connectivity index (χ4n) is 2.71. The molecule has 0 aromatic heterocycles. The molecule has 0 radical (unpaired) electrons. The predicted molar refractivity (Wildman–Crippen MR) is 85.0 cm³/mol. The molecular weight excluding hydrogens is 314 g/mol. The summed E-state index contributed by atoms with van der Waals surface area (Å²) in [4.78, 5) is 0. The number of hydrogen-bond donors (Lipinski definition) is 1. The minimum absolute atomic E-state index is 0.00943. The van der Waals surface area contributed by atoms with E-state index >= 15 is 0 Å². The van der Waals surface area contributed by atoms with E-state index in [9.17, 15) is 0 Å². The van der Waals surface area contributed by atoms with Crippen LogP contribution in [0.25, 0.3) is 0 Å². The molecule has 2 N–H and O–H groups in total. The molecule has 1 unspecified atom stereocenters. The zero-order valence-electron chi connectivity index (χ0n) is 11.7. The Hall–Kier alpha value is -1.32. The monoisotopic (exact) mass is 331 g/mol. The molecule has 1 aliphatic heterocycles. The molecule has 3 rings (SSSR count). The molecule has 0 spiro atoms. The molecule has 20 heavy (non-hydrogen) atoms. The zero-order chi connectivity index (χ0) is 14.3. The molecule has 0 fully saturated rings. The summed E-state index contributed by atoms with van der Waals surface area (Å²) >= 11 is 3.63. The van der Waals surface area contributed by atoms with Gasteiger partial charge in [0.15, 0.2) is 0 Å². The summed E-state index contributed by atoms with van der Waals surface area (Å²) in [5, 5.41) is 0. The molecule has 0 aliphatic carbocycles. The topological polar surface area (TPSA) is 35.2 Å². The fraction of sp³-hybridized carbons (Fsp3) is 0.294. The quantitative estimate of drug-likeness (QED) is 0.829. The van der Waals surface area contributed by atoms with Crippen molar-refractivity contribution >= 4 is 15.9 Å². The minimum atomic E-state index is 0.00943. The number of nitrogens with two attached hydrogens (primary N) is 1. The second kappa shape index (κ2) is 5.23. The van der Waals surface area contributed by atoms with Gasteiger partial charge in [-0.25, -0.2) is 0 Å². The van der Waals surface area contributed by atoms with Gasteiger partial charge in [0.25, 0.3) is 0 Å². The standard InChI is InChI=1S/C17H18BrNO/c1-10-4-6-16-13(7-10)15(19)9-17(20-16)12-5-3-11(2)8-14(12)18/h3-8,15,17H,9,19H2,1-2H3/t15-,17?/m0/s1. The molecule has 3 heteroatoms. The van der Waals surface area contributed by atoms with Crippen LogP contribution in [-0.2, 0) is 0 Å². The highest BCUT2D eigenvalue weighted by molar-refractivity contribution is 9.10. The number of fused-ring (bicyclic) bond motifs is 1. The molecule has 2 aromatic carbocycles. The second-order valence-electron chi connectivity index (χ2n) is 5.51. The third kappa shape index (κ3) is 2.48. The number of benzene rings is 2. The molecule has 0 saturated heterocycles. The van der Waals surface area contributed by atoms with Gasteiger partial charge < -0.3 is 10.5 Å². The Morgan fingerprint density at radius 2 is 1.75 bits per heavy atom. The number of halogens is 1. The van der Waals surface area contributed by atoms with Gasteiger partial charge in [-0.05, 0) is 31.5 Å². The van der Waals surface area contributed by atoms with Gasteiger partial charge in [-0.2, -0.15) is 0 Å². The van der Waals surface area contributed by atoms with E-state index in [0.29, 0.717) is 0 Å². The molecule has 1 heterocycles. The Balaban J connectivity index is 1.97. The van der Waals surface area contributed by atoms with E-state index in [1.165, 1.54) is 11.1 Å². The highest BCUT2D eigenvalue weighted by Gasteiger charge is 2.28. The summed E-state index contributed by atoms with van der Waals surface area (Å²) < 4.78 is 7.24. The molecule has 0 amide bonds. The smallest absolute Gasteiger partial charge is 0.127 e. The Labute approximate surface area is 128 Å². The van der Waals surface area contributed by atoms with Crippen molar-refractivity contribution < 1.29 is 4.74 Å². The van der Waals surface area contributed by atoms with Crippen molar-refractivity contribution in [3.63, 3.8) is 0 Å². The van der Waals surface area contributed by atoms with E-state index in [4.69, 9.17) is 10.5 Å². The first-order valence-corrected chi connectivity index (χ1v) is 7.63. The first kappa shape index (κ1) is 13.7. The number of ether oxygens (including phenoxy) is 1. The predicted octanol–water partition coefficient (Wildman–Crippen LogP) is 4.59. The lowest BCUT2D eigenvalue weighted by atomic mass is 9.92. The van der Waals surface area contributed by atoms with Crippen molar-refractivity contribution in [2.75, 3.05) is 0 Å². The third-order valence-electron chi connectivity index (χ3n) is 3.80. The van der Waals surface area contributed by atoms with E-state index in [2.05, 4.69) is 60.1 Å². The largest absolute Gasteiger partial charge is 0.485 e. The Morgan fingerprint density at radius 1 is 1.05 bits per heavy atom. The van der Waals surface area contributed by atoms with Gasteiger partial charge in [-0.15, -0.1) is 0 Å². The fourth-order valence-corrected chi connectivity index (χ4v) is 3.46. The van der Waals surface area contributed by atoms with Crippen molar-refractivity contribution in [1.29, 1.82) is 0 Å². The maximum Gasteiger partial charge on any atom is 0.127 e. The Kier molecular flexibility index (Phi) is 3.57. The van der Waals surface area contributed by atoms with Crippen LogP contribution in [0.1, 0.15) is 40.8 Å². The van der Waals surface area contributed by atoms with Crippen molar-refractivity contribution in [2.45, 2.75) is 32.4 Å². The molecule has 104 valence electrons. The van der Waals surface area contributed by atoms with Crippen LogP contribution in [0.2, 0.25) is 0 Å². The number of aryl methyl sites for hydroxylation is 2. The van der Waals surface area contributed by atoms with E-state index in [1.807, 2.05) is 6.07 Å². The van der Waals surface area contributed by atoms with E-state index in [0.717, 1.165) is 27.8 Å². The minimum Gasteiger partial charge on any atom is -0.485 e. The van der Waals surface area contributed by atoms with Crippen LogP contribution in [0.15, 0.2) is 40.9 Å². The molecule has 1 aliphatic rings. The van der Waals surface area contributed by atoms with Crippen LogP contribution in [0.5, 0.6) is 5.75 Å². The van der Waals surface area contributed by atoms with Crippen LogP contribution in [0, 0.1) is 13.8 Å². The average Bonchev–Trinajstić information content (AvgIpc) is 2.39. The van der Waals surface area contributed by atoms with Crippen LogP contribution in [0.4, 0.5) is 0 Å². The van der Waals surface area contributed by atoms with Crippen molar-refractivity contribution in [1.82, 2.24) is 0 Å². The van der Waals surface area contributed by atoms with Gasteiger partial charge in [0, 0.05) is 28.1 Å². The SMILES string of the molecule is Cc1ccc(C2C[C@H](N)c3cc(C)ccc3O2)c(Br)c1. The van der Waals surface area contributed by atoms with Gasteiger partial charge in [0.05, 0.1) is 0 Å². The van der Waals surface area contributed by atoms with Gasteiger partial charge >= 0.3 is 0 Å². The number of hydrogen-bond acceptors (Lipinski definition) is 2. The molecule has 0 saturated carbocycles. The molecular formula is C17H18BrNO. The van der Waals surface area contributed by atoms with Gasteiger partial charge in [0.1, 0.15) is 11.9 Å². The normalized spacial score (nSPS) is 21.2. The lowest BCUT2D eigenvalue weighted by molar-refractivity contribution is 0.161. The lowest BCUT2D eigenvalue weighted by Crippen LogP contribution is -2.24. The van der Waals surface area contributed by atoms with Crippen LogP contribution >= 0.6 is 15.9 Å². The summed E-state index contributed by atoms with van der Waals surface area (Å²) in [6.07, 6.45) is 0.813. The highest BCUT2D eigenvalue weighted by atomic mass is 79.9. The summed E-state index contributed by atoms with van der Waals surface area (Å²) in [5.74, 6) is 0.909. The Morgan fingerprint density at radius 3 is 2.50 bits per heavy atom. The van der Waals surface area contributed by atoms with Crippen molar-refractivity contribution in [3.05, 3.63) is 63.1 Å². The Bertz CT molecular complexity index is 653. The van der Waals surface area contributed by atoms with Gasteiger partial charge in [-0.1, -0.05) is 45.8 Å². The summed E-state index contributed by atoms with van der Waals surface area (Å²) in [6.45, 7) is 4.16. The van der Waals surface area contributed by atoms with Crippen molar-refractivity contribution in [3.8, 4) is 5.75 Å². The highest BCUT2D eigenvalue weighted by Crippen LogP contribution is 2.41. The van der Waals surface area contributed by atoms with Crippen LogP contribution in [0.3, 0.4) is 0 Å². The van der Waals surface area contributed by atoms with Gasteiger partial charge in [0.2, 0.25) is 0 Å². The average molecular weight is 332 g/mol. The third-order valence-corrected chi connectivity index (χ3v) is 4.49. The lowest BCUT2D eigenvalue weighted by Gasteiger charge is -2.31. The molecule has 2 aromatic rings. The maximum absolute atomic E-state index is 6.33. The first-order valence-electron chi connectivity index (χ1n) is 6.83. The van der Waals surface area contributed by atoms with Crippen LogP contribution in [-0.4, -0.2) is 0 Å². The van der Waals surface area contributed by atoms with E-state index < -0.39 is 0 Å². The van der Waals surface area contributed by atoms with Gasteiger partial charge in [-0.3, -0.25) is 0 Å². The maximum atomic E-state index is 6.33. The molecule has 0 bridgehead atoms. The first-order chi connectivity index (χ1) is 9.54. The molecule has 2 nitrogen and oxygen atoms in total. The number of rotatable bonds is 1. The summed E-state index contributed by atoms with van der Waals surface area (Å²) in [7, 11) is 0. The summed E-state index contributed by atoms with van der Waals surface area (Å²) in [6, 6.07) is 12.6. The zero-order valence-corrected chi connectivity index (χ0v) is 13.3. The summed E-state index contributed by atoms with van der Waals surface area (Å²) in [5.41, 5.74) is 11.1.